The number of hydrogen-bond donors (Lipinski definition) is 1. The fourth-order valence-corrected chi connectivity index (χ4v) is 3.89. The molecule has 0 amide bonds. The van der Waals surface area contributed by atoms with Crippen molar-refractivity contribution in [3.8, 4) is 0 Å². The van der Waals surface area contributed by atoms with E-state index in [1.54, 1.807) is 0 Å². The Morgan fingerprint density at radius 1 is 0.923 bits per heavy atom. The molecule has 0 unspecified atom stereocenters. The summed E-state index contributed by atoms with van der Waals surface area (Å²) < 4.78 is 0. The molecule has 0 saturated heterocycles. The van der Waals surface area contributed by atoms with Gasteiger partial charge in [-0.25, -0.2) is 0 Å². The summed E-state index contributed by atoms with van der Waals surface area (Å²) in [6, 6.07) is 29.0. The monoisotopic (exact) mass is 360 g/mol. The predicted molar refractivity (Wildman–Crippen MR) is 109 cm³/mol. The van der Waals surface area contributed by atoms with Crippen molar-refractivity contribution < 1.29 is 0 Å². The molecular formula is C23H21ClN2. The van der Waals surface area contributed by atoms with Crippen molar-refractivity contribution in [2.45, 2.75) is 24.9 Å². The highest BCUT2D eigenvalue weighted by Gasteiger charge is 2.42. The normalized spacial score (nSPS) is 21.9. The number of halogens is 1. The third-order valence-corrected chi connectivity index (χ3v) is 5.22. The van der Waals surface area contributed by atoms with E-state index < -0.39 is 0 Å². The van der Waals surface area contributed by atoms with Gasteiger partial charge in [-0.2, -0.15) is 0 Å². The third kappa shape index (κ3) is 3.25. The van der Waals surface area contributed by atoms with Gasteiger partial charge in [0.05, 0.1) is 5.54 Å². The lowest BCUT2D eigenvalue weighted by Crippen LogP contribution is -2.42. The summed E-state index contributed by atoms with van der Waals surface area (Å²) in [4.78, 5) is 5.08. The molecule has 2 atom stereocenters. The van der Waals surface area contributed by atoms with Gasteiger partial charge in [0, 0.05) is 11.4 Å². The number of nitrogens with zero attached hydrogens (tertiary/aromatic N) is 1. The molecule has 3 aromatic rings. The zero-order valence-electron chi connectivity index (χ0n) is 14.7. The SMILES string of the molecule is C[C@@]1(c2ccccc2)NC(Cc2cccc(Cl)c2)=N[C@@H]1c1ccccc1. The quantitative estimate of drug-likeness (QED) is 0.649. The lowest BCUT2D eigenvalue weighted by molar-refractivity contribution is 0.385. The number of benzene rings is 3. The maximum atomic E-state index is 6.15. The van der Waals surface area contributed by atoms with Gasteiger partial charge in [0.1, 0.15) is 11.9 Å². The second-order valence-electron chi connectivity index (χ2n) is 6.89. The zero-order chi connectivity index (χ0) is 18.0. The van der Waals surface area contributed by atoms with E-state index in [1.807, 2.05) is 30.3 Å². The molecule has 130 valence electrons. The van der Waals surface area contributed by atoms with Crippen LogP contribution in [-0.4, -0.2) is 5.84 Å². The van der Waals surface area contributed by atoms with Crippen LogP contribution in [0.5, 0.6) is 0 Å². The molecule has 0 fully saturated rings. The highest BCUT2D eigenvalue weighted by molar-refractivity contribution is 6.30. The van der Waals surface area contributed by atoms with Crippen molar-refractivity contribution in [3.63, 3.8) is 0 Å². The van der Waals surface area contributed by atoms with Crippen molar-refractivity contribution in [2.75, 3.05) is 0 Å². The summed E-state index contributed by atoms with van der Waals surface area (Å²) in [6.07, 6.45) is 0.742. The first-order valence-electron chi connectivity index (χ1n) is 8.85. The van der Waals surface area contributed by atoms with E-state index in [0.717, 1.165) is 22.8 Å². The van der Waals surface area contributed by atoms with Gasteiger partial charge in [0.2, 0.25) is 0 Å². The van der Waals surface area contributed by atoms with Crippen LogP contribution in [0.4, 0.5) is 0 Å². The van der Waals surface area contributed by atoms with Crippen LogP contribution in [-0.2, 0) is 12.0 Å². The molecule has 0 bridgehead atoms. The van der Waals surface area contributed by atoms with Crippen LogP contribution in [0.3, 0.4) is 0 Å². The van der Waals surface area contributed by atoms with Crippen molar-refractivity contribution in [3.05, 3.63) is 107 Å². The molecule has 0 radical (unpaired) electrons. The second kappa shape index (κ2) is 6.97. The first kappa shape index (κ1) is 16.9. The molecule has 1 aliphatic rings. The fourth-order valence-electron chi connectivity index (χ4n) is 3.67. The van der Waals surface area contributed by atoms with E-state index in [4.69, 9.17) is 16.6 Å². The minimum atomic E-state index is -0.281. The van der Waals surface area contributed by atoms with E-state index in [1.165, 1.54) is 11.1 Å². The molecule has 2 nitrogen and oxygen atoms in total. The van der Waals surface area contributed by atoms with Crippen LogP contribution in [0.15, 0.2) is 89.9 Å². The van der Waals surface area contributed by atoms with Gasteiger partial charge in [-0.05, 0) is 35.7 Å². The van der Waals surface area contributed by atoms with Crippen LogP contribution in [0.25, 0.3) is 0 Å². The maximum Gasteiger partial charge on any atom is 0.104 e. The molecule has 0 aromatic heterocycles. The third-order valence-electron chi connectivity index (χ3n) is 4.99. The Kier molecular flexibility index (Phi) is 4.52. The molecule has 4 rings (SSSR count). The lowest BCUT2D eigenvalue weighted by Gasteiger charge is -2.32. The van der Waals surface area contributed by atoms with Gasteiger partial charge in [-0.1, -0.05) is 84.4 Å². The Balaban J connectivity index is 1.71. The van der Waals surface area contributed by atoms with E-state index in [0.29, 0.717) is 0 Å². The molecule has 0 aliphatic carbocycles. The van der Waals surface area contributed by atoms with Gasteiger partial charge in [-0.3, -0.25) is 4.99 Å². The Morgan fingerprint density at radius 3 is 2.31 bits per heavy atom. The maximum absolute atomic E-state index is 6.15. The molecule has 1 N–H and O–H groups in total. The average molecular weight is 361 g/mol. The zero-order valence-corrected chi connectivity index (χ0v) is 15.4. The fraction of sp³-hybridized carbons (Fsp3) is 0.174. The van der Waals surface area contributed by atoms with E-state index in [9.17, 15) is 0 Å². The van der Waals surface area contributed by atoms with Crippen molar-refractivity contribution in [1.82, 2.24) is 5.32 Å². The summed E-state index contributed by atoms with van der Waals surface area (Å²) in [7, 11) is 0. The number of hydrogen-bond acceptors (Lipinski definition) is 2. The molecule has 3 aromatic carbocycles. The number of amidine groups is 1. The summed E-state index contributed by atoms with van der Waals surface area (Å²) >= 11 is 6.15. The smallest absolute Gasteiger partial charge is 0.104 e. The molecule has 0 spiro atoms. The standard InChI is InChI=1S/C23H21ClN2/c1-23(19-12-6-3-7-13-19)22(18-10-4-2-5-11-18)25-21(26-23)16-17-9-8-14-20(24)15-17/h2-15,22H,16H2,1H3,(H,25,26)/t22-,23+/m1/s1. The summed E-state index contributed by atoms with van der Waals surface area (Å²) in [5.41, 5.74) is 3.33. The van der Waals surface area contributed by atoms with Crippen LogP contribution in [0.2, 0.25) is 5.02 Å². The Morgan fingerprint density at radius 2 is 1.62 bits per heavy atom. The topological polar surface area (TPSA) is 24.4 Å². The Hall–Kier alpha value is -2.58. The van der Waals surface area contributed by atoms with Gasteiger partial charge in [-0.15, -0.1) is 0 Å². The van der Waals surface area contributed by atoms with Gasteiger partial charge < -0.3 is 5.32 Å². The van der Waals surface area contributed by atoms with Crippen molar-refractivity contribution in [1.29, 1.82) is 0 Å². The Bertz CT molecular complexity index is 921. The van der Waals surface area contributed by atoms with Gasteiger partial charge >= 0.3 is 0 Å². The minimum Gasteiger partial charge on any atom is -0.362 e. The summed E-state index contributed by atoms with van der Waals surface area (Å²) in [5.74, 6) is 0.993. The first-order chi connectivity index (χ1) is 12.6. The number of rotatable bonds is 4. The van der Waals surface area contributed by atoms with E-state index >= 15 is 0 Å². The van der Waals surface area contributed by atoms with Crippen LogP contribution in [0, 0.1) is 0 Å². The van der Waals surface area contributed by atoms with Crippen molar-refractivity contribution in [2.24, 2.45) is 4.99 Å². The lowest BCUT2D eigenvalue weighted by atomic mass is 9.82. The first-order valence-corrected chi connectivity index (χ1v) is 9.23. The average Bonchev–Trinajstić information content (AvgIpc) is 3.01. The number of nitrogens with one attached hydrogen (secondary N) is 1. The predicted octanol–water partition coefficient (Wildman–Crippen LogP) is 5.54. The van der Waals surface area contributed by atoms with Crippen LogP contribution >= 0.6 is 11.6 Å². The van der Waals surface area contributed by atoms with Gasteiger partial charge in [0.25, 0.3) is 0 Å². The van der Waals surface area contributed by atoms with E-state index in [2.05, 4.69) is 66.8 Å². The summed E-state index contributed by atoms with van der Waals surface area (Å²) in [5, 5.41) is 4.46. The molecule has 1 heterocycles. The van der Waals surface area contributed by atoms with Gasteiger partial charge in [0.15, 0.2) is 0 Å². The largest absolute Gasteiger partial charge is 0.362 e. The molecule has 1 aliphatic heterocycles. The second-order valence-corrected chi connectivity index (χ2v) is 7.33. The van der Waals surface area contributed by atoms with Crippen LogP contribution < -0.4 is 5.32 Å². The molecule has 3 heteroatoms. The van der Waals surface area contributed by atoms with E-state index in [-0.39, 0.29) is 11.6 Å². The van der Waals surface area contributed by atoms with Crippen molar-refractivity contribution >= 4 is 17.4 Å². The van der Waals surface area contributed by atoms with Crippen LogP contribution in [0.1, 0.15) is 29.7 Å². The summed E-state index contributed by atoms with van der Waals surface area (Å²) in [6.45, 7) is 2.23. The molecule has 0 saturated carbocycles. The Labute approximate surface area is 159 Å². The highest BCUT2D eigenvalue weighted by Crippen LogP contribution is 2.41. The highest BCUT2D eigenvalue weighted by atomic mass is 35.5. The molecular weight excluding hydrogens is 340 g/mol. The molecule has 26 heavy (non-hydrogen) atoms. The minimum absolute atomic E-state index is 0.0280. The number of aliphatic imine (C=N–C) groups is 1.